The molecule has 0 aliphatic carbocycles. The number of hydrogen-bond acceptors (Lipinski definition) is 2. The van der Waals surface area contributed by atoms with E-state index >= 15 is 0 Å². The smallest absolute Gasteiger partial charge is 0.312 e. The van der Waals surface area contributed by atoms with E-state index in [9.17, 15) is 14.3 Å². The van der Waals surface area contributed by atoms with Gasteiger partial charge in [0.1, 0.15) is 17.6 Å². The molecule has 1 atom stereocenters. The number of imidazole rings is 1. The van der Waals surface area contributed by atoms with E-state index < -0.39 is 17.7 Å². The summed E-state index contributed by atoms with van der Waals surface area (Å²) in [6.45, 7) is 0.600. The van der Waals surface area contributed by atoms with Gasteiger partial charge in [-0.3, -0.25) is 4.79 Å². The first-order valence-corrected chi connectivity index (χ1v) is 6.71. The van der Waals surface area contributed by atoms with Gasteiger partial charge in [0.2, 0.25) is 0 Å². The second kappa shape index (κ2) is 4.90. The molecule has 1 aliphatic heterocycles. The molecule has 2 heterocycles. The molecule has 0 bridgehead atoms. The summed E-state index contributed by atoms with van der Waals surface area (Å²) in [7, 11) is 0. The van der Waals surface area contributed by atoms with Crippen molar-refractivity contribution in [2.45, 2.75) is 25.3 Å². The minimum atomic E-state index is -0.923. The molecule has 0 saturated carbocycles. The first kappa shape index (κ1) is 13.1. The van der Waals surface area contributed by atoms with Gasteiger partial charge in [0.15, 0.2) is 5.15 Å². The van der Waals surface area contributed by atoms with E-state index in [2.05, 4.69) is 4.98 Å². The molecule has 0 saturated heterocycles. The van der Waals surface area contributed by atoms with E-state index in [-0.39, 0.29) is 5.15 Å². The van der Waals surface area contributed by atoms with E-state index in [0.29, 0.717) is 36.5 Å². The Morgan fingerprint density at radius 2 is 2.20 bits per heavy atom. The topological polar surface area (TPSA) is 55.1 Å². The van der Waals surface area contributed by atoms with Crippen LogP contribution in [0.2, 0.25) is 5.15 Å². The van der Waals surface area contributed by atoms with Gasteiger partial charge in [0.05, 0.1) is 11.3 Å². The van der Waals surface area contributed by atoms with Gasteiger partial charge in [-0.15, -0.1) is 0 Å². The Kier molecular flexibility index (Phi) is 3.22. The predicted octanol–water partition coefficient (Wildman–Crippen LogP) is 3.30. The molecule has 0 spiro atoms. The third-order valence-corrected chi connectivity index (χ3v) is 3.86. The van der Waals surface area contributed by atoms with Crippen LogP contribution in [0.1, 0.15) is 24.5 Å². The van der Waals surface area contributed by atoms with Gasteiger partial charge in [-0.25, -0.2) is 9.37 Å². The number of aromatic nitrogens is 2. The molecule has 2 aromatic rings. The Bertz CT molecular complexity index is 684. The van der Waals surface area contributed by atoms with Gasteiger partial charge in [-0.2, -0.15) is 0 Å². The van der Waals surface area contributed by atoms with Crippen LogP contribution < -0.4 is 0 Å². The fraction of sp³-hybridized carbons (Fsp3) is 0.286. The van der Waals surface area contributed by atoms with Crippen molar-refractivity contribution in [2.24, 2.45) is 0 Å². The molecule has 6 heteroatoms. The molecule has 0 amide bonds. The fourth-order valence-corrected chi connectivity index (χ4v) is 2.99. The van der Waals surface area contributed by atoms with Gasteiger partial charge in [0, 0.05) is 6.54 Å². The molecule has 1 aromatic heterocycles. The standard InChI is InChI=1S/C14H12ClFN2O2/c15-12-11-9(14(19)20)5-3-7-18(11)13(17-12)8-4-1-2-6-10(8)16/h1-2,4,6,9H,3,5,7H2,(H,19,20). The van der Waals surface area contributed by atoms with Crippen LogP contribution >= 0.6 is 11.6 Å². The highest BCUT2D eigenvalue weighted by molar-refractivity contribution is 6.30. The van der Waals surface area contributed by atoms with Crippen molar-refractivity contribution in [1.82, 2.24) is 9.55 Å². The summed E-state index contributed by atoms with van der Waals surface area (Å²) in [4.78, 5) is 15.5. The molecule has 1 N–H and O–H groups in total. The van der Waals surface area contributed by atoms with Crippen molar-refractivity contribution >= 4 is 17.6 Å². The lowest BCUT2D eigenvalue weighted by Gasteiger charge is -2.22. The minimum absolute atomic E-state index is 0.148. The molecule has 1 aliphatic rings. The summed E-state index contributed by atoms with van der Waals surface area (Å²) in [5, 5.41) is 9.42. The summed E-state index contributed by atoms with van der Waals surface area (Å²) in [5.74, 6) is -1.60. The van der Waals surface area contributed by atoms with Crippen molar-refractivity contribution in [3.63, 3.8) is 0 Å². The maximum absolute atomic E-state index is 13.9. The summed E-state index contributed by atoms with van der Waals surface area (Å²) in [6, 6.07) is 6.28. The minimum Gasteiger partial charge on any atom is -0.481 e. The van der Waals surface area contributed by atoms with Crippen molar-refractivity contribution in [3.05, 3.63) is 40.9 Å². The van der Waals surface area contributed by atoms with Gasteiger partial charge < -0.3 is 9.67 Å². The number of carbonyl (C=O) groups is 1. The van der Waals surface area contributed by atoms with Crippen molar-refractivity contribution < 1.29 is 14.3 Å². The fourth-order valence-electron chi connectivity index (χ4n) is 2.67. The predicted molar refractivity (Wildman–Crippen MR) is 72.2 cm³/mol. The lowest BCUT2D eigenvalue weighted by atomic mass is 9.96. The number of benzene rings is 1. The Morgan fingerprint density at radius 1 is 1.45 bits per heavy atom. The van der Waals surface area contributed by atoms with Crippen molar-refractivity contribution in [1.29, 1.82) is 0 Å². The summed E-state index contributed by atoms with van der Waals surface area (Å²) >= 11 is 6.09. The van der Waals surface area contributed by atoms with Crippen LogP contribution in [0.4, 0.5) is 4.39 Å². The van der Waals surface area contributed by atoms with Crippen LogP contribution in [-0.4, -0.2) is 20.6 Å². The van der Waals surface area contributed by atoms with Crippen LogP contribution in [0.3, 0.4) is 0 Å². The molecule has 1 unspecified atom stereocenters. The Hall–Kier alpha value is -1.88. The molecule has 3 rings (SSSR count). The average Bonchev–Trinajstić information content (AvgIpc) is 2.77. The zero-order valence-electron chi connectivity index (χ0n) is 10.5. The first-order chi connectivity index (χ1) is 9.59. The maximum atomic E-state index is 13.9. The monoisotopic (exact) mass is 294 g/mol. The number of fused-ring (bicyclic) bond motifs is 1. The third kappa shape index (κ3) is 1.98. The zero-order valence-corrected chi connectivity index (χ0v) is 11.3. The zero-order chi connectivity index (χ0) is 14.3. The number of rotatable bonds is 2. The van der Waals surface area contributed by atoms with Crippen LogP contribution in [0.25, 0.3) is 11.4 Å². The van der Waals surface area contributed by atoms with Crippen LogP contribution in [0.15, 0.2) is 24.3 Å². The van der Waals surface area contributed by atoms with Crippen molar-refractivity contribution in [3.8, 4) is 11.4 Å². The lowest BCUT2D eigenvalue weighted by Crippen LogP contribution is -2.22. The number of halogens is 2. The van der Waals surface area contributed by atoms with Gasteiger partial charge >= 0.3 is 5.97 Å². The molecule has 0 radical (unpaired) electrons. The number of carboxylic acid groups (broad SMARTS) is 1. The van der Waals surface area contributed by atoms with E-state index in [1.54, 1.807) is 22.8 Å². The van der Waals surface area contributed by atoms with Gasteiger partial charge in [-0.05, 0) is 25.0 Å². The van der Waals surface area contributed by atoms with Gasteiger partial charge in [-0.1, -0.05) is 23.7 Å². The quantitative estimate of drug-likeness (QED) is 0.924. The van der Waals surface area contributed by atoms with E-state index in [1.165, 1.54) is 6.07 Å². The molecule has 0 fully saturated rings. The molecular weight excluding hydrogens is 283 g/mol. The molecular formula is C14H12ClFN2O2. The lowest BCUT2D eigenvalue weighted by molar-refractivity contribution is -0.139. The Morgan fingerprint density at radius 3 is 2.90 bits per heavy atom. The summed E-state index contributed by atoms with van der Waals surface area (Å²) in [6.07, 6.45) is 1.23. The molecule has 1 aromatic carbocycles. The summed E-state index contributed by atoms with van der Waals surface area (Å²) in [5.41, 5.74) is 0.815. The number of aliphatic carboxylic acids is 1. The Labute approximate surface area is 119 Å². The second-order valence-corrected chi connectivity index (χ2v) is 5.13. The number of hydrogen-bond donors (Lipinski definition) is 1. The Balaban J connectivity index is 2.19. The van der Waals surface area contributed by atoms with E-state index in [1.807, 2.05) is 0 Å². The number of carboxylic acids is 1. The van der Waals surface area contributed by atoms with Crippen molar-refractivity contribution in [2.75, 3.05) is 0 Å². The highest BCUT2D eigenvalue weighted by Gasteiger charge is 2.32. The number of nitrogens with zero attached hydrogens (tertiary/aromatic N) is 2. The third-order valence-electron chi connectivity index (χ3n) is 3.58. The van der Waals surface area contributed by atoms with Crippen LogP contribution in [-0.2, 0) is 11.3 Å². The van der Waals surface area contributed by atoms with Crippen LogP contribution in [0, 0.1) is 5.82 Å². The highest BCUT2D eigenvalue weighted by Crippen LogP contribution is 2.37. The first-order valence-electron chi connectivity index (χ1n) is 6.33. The normalized spacial score (nSPS) is 17.8. The van der Waals surface area contributed by atoms with Gasteiger partial charge in [0.25, 0.3) is 0 Å². The van der Waals surface area contributed by atoms with E-state index in [4.69, 9.17) is 11.6 Å². The maximum Gasteiger partial charge on any atom is 0.312 e. The highest BCUT2D eigenvalue weighted by atomic mass is 35.5. The molecule has 104 valence electrons. The SMILES string of the molecule is O=C(O)C1CCCn2c(-c3ccccc3F)nc(Cl)c21. The second-order valence-electron chi connectivity index (χ2n) is 4.78. The average molecular weight is 295 g/mol. The largest absolute Gasteiger partial charge is 0.481 e. The van der Waals surface area contributed by atoms with Crippen LogP contribution in [0.5, 0.6) is 0 Å². The molecule has 4 nitrogen and oxygen atoms in total. The van der Waals surface area contributed by atoms with E-state index in [0.717, 1.165) is 0 Å². The summed E-state index contributed by atoms with van der Waals surface area (Å²) < 4.78 is 15.6. The molecule has 20 heavy (non-hydrogen) atoms.